The molecular weight excluding hydrogens is 416 g/mol. The molecule has 3 amide bonds. The maximum atomic E-state index is 12.8. The van der Waals surface area contributed by atoms with Gasteiger partial charge in [0.25, 0.3) is 5.91 Å². The molecule has 2 unspecified atom stereocenters. The summed E-state index contributed by atoms with van der Waals surface area (Å²) in [5.74, 6) is 0.925. The third-order valence-corrected chi connectivity index (χ3v) is 7.27. The van der Waals surface area contributed by atoms with E-state index in [1.54, 1.807) is 0 Å². The lowest BCUT2D eigenvalue weighted by Crippen LogP contribution is -2.48. The molecule has 2 saturated heterocycles. The molecule has 2 atom stereocenters. The number of benzene rings is 1. The minimum Gasteiger partial charge on any atom is -0.372 e. The predicted octanol–water partition coefficient (Wildman–Crippen LogP) is 3.39. The van der Waals surface area contributed by atoms with Crippen molar-refractivity contribution in [2.75, 3.05) is 32.7 Å². The Labute approximate surface area is 198 Å². The average molecular weight is 457 g/mol. The molecule has 33 heavy (non-hydrogen) atoms. The number of hydrogen-bond donors (Lipinski definition) is 2. The van der Waals surface area contributed by atoms with Gasteiger partial charge in [0.05, 0.1) is 12.2 Å². The van der Waals surface area contributed by atoms with Crippen molar-refractivity contribution in [1.82, 2.24) is 20.4 Å². The van der Waals surface area contributed by atoms with E-state index in [9.17, 15) is 9.59 Å². The molecule has 2 N–H and O–H groups in total. The molecule has 0 bridgehead atoms. The third-order valence-electron chi connectivity index (χ3n) is 7.27. The van der Waals surface area contributed by atoms with Crippen molar-refractivity contribution in [3.8, 4) is 0 Å². The van der Waals surface area contributed by atoms with Crippen LogP contribution in [-0.4, -0.2) is 72.7 Å². The first kappa shape index (κ1) is 24.0. The van der Waals surface area contributed by atoms with E-state index in [0.29, 0.717) is 25.2 Å². The Morgan fingerprint density at radius 2 is 1.61 bits per heavy atom. The molecule has 2 aliphatic heterocycles. The van der Waals surface area contributed by atoms with E-state index < -0.39 is 0 Å². The standard InChI is InChI=1S/C26H40N4O3/c1-19-16-30(17-20(2)33-19)25(31)23-9-7-21(8-10-23)15-27-26(32)28-24-11-13-29(14-12-24)18-22-5-3-4-6-22/h7-10,19-20,22,24H,3-6,11-18H2,1-2H3,(H2,27,28,32). The van der Waals surface area contributed by atoms with Crippen LogP contribution in [0.4, 0.5) is 4.79 Å². The Hall–Kier alpha value is -2.12. The summed E-state index contributed by atoms with van der Waals surface area (Å²) < 4.78 is 5.72. The van der Waals surface area contributed by atoms with Gasteiger partial charge in [0.2, 0.25) is 0 Å². The summed E-state index contributed by atoms with van der Waals surface area (Å²) >= 11 is 0. The van der Waals surface area contributed by atoms with Crippen molar-refractivity contribution in [1.29, 1.82) is 0 Å². The summed E-state index contributed by atoms with van der Waals surface area (Å²) in [6.45, 7) is 9.08. The van der Waals surface area contributed by atoms with Gasteiger partial charge in [-0.05, 0) is 63.1 Å². The first-order valence-electron chi connectivity index (χ1n) is 12.8. The van der Waals surface area contributed by atoms with E-state index in [0.717, 1.165) is 37.4 Å². The second-order valence-corrected chi connectivity index (χ2v) is 10.2. The largest absolute Gasteiger partial charge is 0.372 e. The van der Waals surface area contributed by atoms with Gasteiger partial charge in [-0.3, -0.25) is 4.79 Å². The number of likely N-dealkylation sites (tertiary alicyclic amines) is 1. The minimum absolute atomic E-state index is 0.0357. The summed E-state index contributed by atoms with van der Waals surface area (Å²) in [7, 11) is 0. The van der Waals surface area contributed by atoms with Gasteiger partial charge in [0.15, 0.2) is 0 Å². The second-order valence-electron chi connectivity index (χ2n) is 10.2. The maximum Gasteiger partial charge on any atom is 0.315 e. The number of carbonyl (C=O) groups excluding carboxylic acids is 2. The number of piperidine rings is 1. The number of amides is 3. The highest BCUT2D eigenvalue weighted by Crippen LogP contribution is 2.26. The van der Waals surface area contributed by atoms with Crippen molar-refractivity contribution in [2.24, 2.45) is 5.92 Å². The molecular formula is C26H40N4O3. The van der Waals surface area contributed by atoms with Gasteiger partial charge in [-0.2, -0.15) is 0 Å². The van der Waals surface area contributed by atoms with Crippen LogP contribution < -0.4 is 10.6 Å². The van der Waals surface area contributed by atoms with Crippen LogP contribution in [0.3, 0.4) is 0 Å². The molecule has 3 aliphatic rings. The lowest BCUT2D eigenvalue weighted by atomic mass is 10.0. The molecule has 7 nitrogen and oxygen atoms in total. The summed E-state index contributed by atoms with van der Waals surface area (Å²) in [6.07, 6.45) is 7.73. The normalized spacial score (nSPS) is 25.2. The number of carbonyl (C=O) groups is 2. The van der Waals surface area contributed by atoms with Crippen LogP contribution in [0, 0.1) is 5.92 Å². The molecule has 1 aliphatic carbocycles. The van der Waals surface area contributed by atoms with Gasteiger partial charge in [0, 0.05) is 50.9 Å². The lowest BCUT2D eigenvalue weighted by Gasteiger charge is -2.35. The van der Waals surface area contributed by atoms with Crippen molar-refractivity contribution < 1.29 is 14.3 Å². The molecule has 0 aromatic heterocycles. The molecule has 7 heteroatoms. The van der Waals surface area contributed by atoms with E-state index in [4.69, 9.17) is 4.74 Å². The molecule has 182 valence electrons. The highest BCUT2D eigenvalue weighted by molar-refractivity contribution is 5.94. The number of morpholine rings is 1. The fraction of sp³-hybridized carbons (Fsp3) is 0.692. The fourth-order valence-electron chi connectivity index (χ4n) is 5.53. The van der Waals surface area contributed by atoms with Crippen molar-refractivity contribution >= 4 is 11.9 Å². The lowest BCUT2D eigenvalue weighted by molar-refractivity contribution is -0.0586. The zero-order chi connectivity index (χ0) is 23.2. The highest BCUT2D eigenvalue weighted by Gasteiger charge is 2.27. The molecule has 0 spiro atoms. The monoisotopic (exact) mass is 456 g/mol. The Bertz CT molecular complexity index is 775. The number of nitrogens with one attached hydrogen (secondary N) is 2. The van der Waals surface area contributed by atoms with Gasteiger partial charge in [-0.1, -0.05) is 25.0 Å². The van der Waals surface area contributed by atoms with Gasteiger partial charge in [0.1, 0.15) is 0 Å². The molecule has 1 aromatic rings. The Balaban J connectivity index is 1.16. The highest BCUT2D eigenvalue weighted by atomic mass is 16.5. The number of ether oxygens (including phenoxy) is 1. The first-order chi connectivity index (χ1) is 16.0. The fourth-order valence-corrected chi connectivity index (χ4v) is 5.53. The van der Waals surface area contributed by atoms with E-state index in [-0.39, 0.29) is 30.2 Å². The van der Waals surface area contributed by atoms with Crippen LogP contribution in [0.25, 0.3) is 0 Å². The molecule has 1 saturated carbocycles. The SMILES string of the molecule is CC1CN(C(=O)c2ccc(CNC(=O)NC3CCN(CC4CCCC4)CC3)cc2)CC(C)O1. The third kappa shape index (κ3) is 6.93. The molecule has 0 radical (unpaired) electrons. The summed E-state index contributed by atoms with van der Waals surface area (Å²) in [6, 6.07) is 7.68. The topological polar surface area (TPSA) is 73.9 Å². The summed E-state index contributed by atoms with van der Waals surface area (Å²) in [5, 5.41) is 6.10. The zero-order valence-electron chi connectivity index (χ0n) is 20.2. The number of nitrogens with zero attached hydrogens (tertiary/aromatic N) is 2. The second kappa shape index (κ2) is 11.3. The van der Waals surface area contributed by atoms with Gasteiger partial charge in [-0.15, -0.1) is 0 Å². The quantitative estimate of drug-likeness (QED) is 0.688. The Morgan fingerprint density at radius 1 is 0.970 bits per heavy atom. The van der Waals surface area contributed by atoms with Crippen LogP contribution in [0.1, 0.15) is 68.3 Å². The van der Waals surface area contributed by atoms with E-state index in [1.165, 1.54) is 32.2 Å². The average Bonchev–Trinajstić information content (AvgIpc) is 3.31. The van der Waals surface area contributed by atoms with Crippen molar-refractivity contribution in [3.63, 3.8) is 0 Å². The molecule has 3 fully saturated rings. The maximum absolute atomic E-state index is 12.8. The minimum atomic E-state index is -0.110. The number of rotatable bonds is 6. The smallest absolute Gasteiger partial charge is 0.315 e. The van der Waals surface area contributed by atoms with Gasteiger partial charge >= 0.3 is 6.03 Å². The van der Waals surface area contributed by atoms with Gasteiger partial charge in [-0.25, -0.2) is 4.79 Å². The van der Waals surface area contributed by atoms with E-state index >= 15 is 0 Å². The van der Waals surface area contributed by atoms with Crippen LogP contribution >= 0.6 is 0 Å². The summed E-state index contributed by atoms with van der Waals surface area (Å²) in [4.78, 5) is 29.6. The van der Waals surface area contributed by atoms with Crippen molar-refractivity contribution in [3.05, 3.63) is 35.4 Å². The van der Waals surface area contributed by atoms with Crippen LogP contribution in [0.5, 0.6) is 0 Å². The van der Waals surface area contributed by atoms with Crippen LogP contribution in [0.2, 0.25) is 0 Å². The van der Waals surface area contributed by atoms with Crippen molar-refractivity contribution in [2.45, 2.75) is 77.2 Å². The first-order valence-corrected chi connectivity index (χ1v) is 12.8. The predicted molar refractivity (Wildman–Crippen MR) is 129 cm³/mol. The van der Waals surface area contributed by atoms with Gasteiger partial charge < -0.3 is 25.2 Å². The zero-order valence-corrected chi connectivity index (χ0v) is 20.2. The molecule has 1 aromatic carbocycles. The van der Waals surface area contributed by atoms with E-state index in [2.05, 4.69) is 15.5 Å². The number of urea groups is 1. The summed E-state index contributed by atoms with van der Waals surface area (Å²) in [5.41, 5.74) is 1.66. The van der Waals surface area contributed by atoms with E-state index in [1.807, 2.05) is 43.0 Å². The molecule has 2 heterocycles. The van der Waals surface area contributed by atoms with Crippen LogP contribution in [0.15, 0.2) is 24.3 Å². The molecule has 4 rings (SSSR count). The number of hydrogen-bond acceptors (Lipinski definition) is 4. The Kier molecular flexibility index (Phi) is 8.25. The Morgan fingerprint density at radius 3 is 2.24 bits per heavy atom. The van der Waals surface area contributed by atoms with Crippen LogP contribution in [-0.2, 0) is 11.3 Å².